The lowest BCUT2D eigenvalue weighted by Crippen LogP contribution is -2.19. The number of thiazole rings is 1. The topological polar surface area (TPSA) is 83.5 Å². The maximum Gasteiger partial charge on any atom is 0.325 e. The number of fused-ring (bicyclic) bond motifs is 1. The van der Waals surface area contributed by atoms with Crippen molar-refractivity contribution in [3.05, 3.63) is 53.2 Å². The zero-order chi connectivity index (χ0) is 15.5. The van der Waals surface area contributed by atoms with E-state index in [-0.39, 0.29) is 11.5 Å². The van der Waals surface area contributed by atoms with Crippen LogP contribution in [0.15, 0.2) is 47.6 Å². The third-order valence-corrected chi connectivity index (χ3v) is 3.71. The number of benzene rings is 2. The molecule has 1 heterocycles. The van der Waals surface area contributed by atoms with Gasteiger partial charge < -0.3 is 5.32 Å². The molecular formula is C14H9FN4O2S. The van der Waals surface area contributed by atoms with E-state index in [1.165, 1.54) is 35.6 Å². The summed E-state index contributed by atoms with van der Waals surface area (Å²) >= 11 is 1.17. The van der Waals surface area contributed by atoms with Gasteiger partial charge in [-0.3, -0.25) is 5.32 Å². The number of aromatic nitrogens is 1. The number of amides is 2. The Morgan fingerprint density at radius 1 is 1.18 bits per heavy atom. The van der Waals surface area contributed by atoms with E-state index in [9.17, 15) is 14.1 Å². The minimum Gasteiger partial charge on any atom is -0.308 e. The Hall–Kier alpha value is -2.87. The molecule has 0 spiro atoms. The van der Waals surface area contributed by atoms with Crippen LogP contribution in [0.25, 0.3) is 10.2 Å². The second-order valence-corrected chi connectivity index (χ2v) is 5.38. The lowest BCUT2D eigenvalue weighted by molar-refractivity contribution is 0.262. The normalized spacial score (nSPS) is 10.4. The van der Waals surface area contributed by atoms with E-state index in [0.29, 0.717) is 21.0 Å². The highest BCUT2D eigenvalue weighted by molar-refractivity contribution is 7.22. The van der Waals surface area contributed by atoms with Crippen LogP contribution in [0.2, 0.25) is 0 Å². The maximum atomic E-state index is 13.1. The molecule has 3 rings (SSSR count). The quantitative estimate of drug-likeness (QED) is 0.699. The number of anilines is 2. The van der Waals surface area contributed by atoms with Gasteiger partial charge in [0.2, 0.25) is 0 Å². The number of urea groups is 1. The van der Waals surface area contributed by atoms with Gasteiger partial charge in [-0.15, -0.1) is 4.91 Å². The summed E-state index contributed by atoms with van der Waals surface area (Å²) in [6, 6.07) is 9.90. The Morgan fingerprint density at radius 2 is 2.05 bits per heavy atom. The number of nitrogens with zero attached hydrogens (tertiary/aromatic N) is 2. The fourth-order valence-corrected chi connectivity index (χ4v) is 2.74. The van der Waals surface area contributed by atoms with Crippen molar-refractivity contribution in [1.82, 2.24) is 4.98 Å². The first-order chi connectivity index (χ1) is 10.6. The molecule has 0 atom stereocenters. The molecule has 6 nitrogen and oxygen atoms in total. The van der Waals surface area contributed by atoms with E-state index in [1.54, 1.807) is 18.2 Å². The first-order valence-corrected chi connectivity index (χ1v) is 7.03. The second kappa shape index (κ2) is 5.86. The Bertz CT molecular complexity index is 865. The van der Waals surface area contributed by atoms with Crippen molar-refractivity contribution in [2.24, 2.45) is 5.18 Å². The highest BCUT2D eigenvalue weighted by atomic mass is 32.1. The highest BCUT2D eigenvalue weighted by Gasteiger charge is 2.09. The second-order valence-electron chi connectivity index (χ2n) is 4.35. The van der Waals surface area contributed by atoms with Crippen molar-refractivity contribution in [1.29, 1.82) is 0 Å². The summed E-state index contributed by atoms with van der Waals surface area (Å²) in [5, 5.41) is 8.27. The van der Waals surface area contributed by atoms with Crippen molar-refractivity contribution in [2.45, 2.75) is 0 Å². The largest absolute Gasteiger partial charge is 0.325 e. The lowest BCUT2D eigenvalue weighted by Gasteiger charge is -2.05. The number of nitroso groups, excluding NO2 is 1. The van der Waals surface area contributed by atoms with Crippen LogP contribution in [0.1, 0.15) is 0 Å². The van der Waals surface area contributed by atoms with E-state index in [0.717, 1.165) is 0 Å². The molecule has 2 amide bonds. The monoisotopic (exact) mass is 316 g/mol. The summed E-state index contributed by atoms with van der Waals surface area (Å²) in [5.41, 5.74) is 1.25. The van der Waals surface area contributed by atoms with E-state index >= 15 is 0 Å². The number of halogens is 1. The van der Waals surface area contributed by atoms with Gasteiger partial charge in [0.1, 0.15) is 11.5 Å². The van der Waals surface area contributed by atoms with E-state index in [1.807, 2.05) is 0 Å². The standard InChI is InChI=1S/C14H9FN4O2S/c15-8-4-5-11-12(6-8)22-14(17-11)18-13(20)16-9-2-1-3-10(7-9)19-21/h1-7H,(H2,16,17,18,20). The minimum absolute atomic E-state index is 0.216. The minimum atomic E-state index is -0.512. The fourth-order valence-electron chi connectivity index (χ4n) is 1.85. The predicted octanol–water partition coefficient (Wildman–Crippen LogP) is 4.48. The number of hydrogen-bond acceptors (Lipinski definition) is 5. The summed E-state index contributed by atoms with van der Waals surface area (Å²) < 4.78 is 13.8. The SMILES string of the molecule is O=Nc1cccc(NC(=O)Nc2nc3ccc(F)cc3s2)c1. The maximum absolute atomic E-state index is 13.1. The third kappa shape index (κ3) is 3.07. The van der Waals surface area contributed by atoms with Crippen LogP contribution in [0.4, 0.5) is 25.7 Å². The number of carbonyl (C=O) groups is 1. The van der Waals surface area contributed by atoms with Gasteiger partial charge in [0.25, 0.3) is 0 Å². The van der Waals surface area contributed by atoms with Crippen LogP contribution in [0, 0.1) is 10.7 Å². The molecule has 1 aromatic heterocycles. The first kappa shape index (κ1) is 14.1. The molecule has 8 heteroatoms. The van der Waals surface area contributed by atoms with Crippen LogP contribution in [-0.2, 0) is 0 Å². The van der Waals surface area contributed by atoms with Gasteiger partial charge in [-0.1, -0.05) is 17.4 Å². The van der Waals surface area contributed by atoms with Crippen molar-refractivity contribution < 1.29 is 9.18 Å². The van der Waals surface area contributed by atoms with Gasteiger partial charge in [0.05, 0.1) is 10.2 Å². The highest BCUT2D eigenvalue weighted by Crippen LogP contribution is 2.26. The summed E-state index contributed by atoms with van der Waals surface area (Å²) in [4.78, 5) is 26.5. The molecule has 0 saturated carbocycles. The average molecular weight is 316 g/mol. The molecule has 0 aliphatic rings. The van der Waals surface area contributed by atoms with Crippen molar-refractivity contribution in [3.8, 4) is 0 Å². The molecule has 0 aliphatic heterocycles. The van der Waals surface area contributed by atoms with Gasteiger partial charge >= 0.3 is 6.03 Å². The molecule has 3 aromatic rings. The Labute approximate surface area is 128 Å². The first-order valence-electron chi connectivity index (χ1n) is 6.21. The molecule has 0 bridgehead atoms. The van der Waals surface area contributed by atoms with Crippen LogP contribution < -0.4 is 10.6 Å². The van der Waals surface area contributed by atoms with Crippen molar-refractivity contribution >= 4 is 44.1 Å². The zero-order valence-corrected chi connectivity index (χ0v) is 11.9. The van der Waals surface area contributed by atoms with Gasteiger partial charge in [0.15, 0.2) is 5.13 Å². The van der Waals surface area contributed by atoms with Crippen molar-refractivity contribution in [3.63, 3.8) is 0 Å². The zero-order valence-electron chi connectivity index (χ0n) is 11.0. The predicted molar refractivity (Wildman–Crippen MR) is 84.1 cm³/mol. The molecule has 0 fully saturated rings. The summed E-state index contributed by atoms with van der Waals surface area (Å²) in [6.45, 7) is 0. The van der Waals surface area contributed by atoms with E-state index in [2.05, 4.69) is 20.8 Å². The van der Waals surface area contributed by atoms with Crippen LogP contribution >= 0.6 is 11.3 Å². The number of rotatable bonds is 3. The molecule has 2 aromatic carbocycles. The molecule has 0 radical (unpaired) electrons. The van der Waals surface area contributed by atoms with Crippen molar-refractivity contribution in [2.75, 3.05) is 10.6 Å². The molecule has 2 N–H and O–H groups in total. The van der Waals surface area contributed by atoms with Crippen LogP contribution in [-0.4, -0.2) is 11.0 Å². The Kier molecular flexibility index (Phi) is 3.75. The smallest absolute Gasteiger partial charge is 0.308 e. The van der Waals surface area contributed by atoms with Crippen LogP contribution in [0.5, 0.6) is 0 Å². The van der Waals surface area contributed by atoms with Gasteiger partial charge in [-0.05, 0) is 41.6 Å². The summed E-state index contributed by atoms with van der Waals surface area (Å²) in [5.74, 6) is -0.356. The molecular weight excluding hydrogens is 307 g/mol. The number of hydrogen-bond donors (Lipinski definition) is 2. The summed E-state index contributed by atoms with van der Waals surface area (Å²) in [6.07, 6.45) is 0. The van der Waals surface area contributed by atoms with E-state index in [4.69, 9.17) is 0 Å². The Balaban J connectivity index is 1.73. The molecule has 0 saturated heterocycles. The molecule has 0 aliphatic carbocycles. The van der Waals surface area contributed by atoms with E-state index < -0.39 is 6.03 Å². The third-order valence-electron chi connectivity index (χ3n) is 2.78. The number of nitrogens with one attached hydrogen (secondary N) is 2. The van der Waals surface area contributed by atoms with Gasteiger partial charge in [-0.25, -0.2) is 14.2 Å². The number of carbonyl (C=O) groups excluding carboxylic acids is 1. The lowest BCUT2D eigenvalue weighted by atomic mass is 10.3. The average Bonchev–Trinajstić information content (AvgIpc) is 2.88. The molecule has 110 valence electrons. The molecule has 0 unspecified atom stereocenters. The fraction of sp³-hybridized carbons (Fsp3) is 0. The summed E-state index contributed by atoms with van der Waals surface area (Å²) in [7, 11) is 0. The van der Waals surface area contributed by atoms with Crippen LogP contribution in [0.3, 0.4) is 0 Å². The molecule has 22 heavy (non-hydrogen) atoms. The Morgan fingerprint density at radius 3 is 2.86 bits per heavy atom. The van der Waals surface area contributed by atoms with Gasteiger partial charge in [0, 0.05) is 5.69 Å². The van der Waals surface area contributed by atoms with Gasteiger partial charge in [-0.2, -0.15) is 0 Å².